The second-order valence-corrected chi connectivity index (χ2v) is 6.70. The molecule has 0 saturated carbocycles. The lowest BCUT2D eigenvalue weighted by atomic mass is 10.2. The van der Waals surface area contributed by atoms with Gasteiger partial charge in [-0.2, -0.15) is 5.10 Å². The summed E-state index contributed by atoms with van der Waals surface area (Å²) in [4.78, 5) is 40.4. The first-order chi connectivity index (χ1) is 13.9. The summed E-state index contributed by atoms with van der Waals surface area (Å²) in [5.74, 6) is -0.501. The van der Waals surface area contributed by atoms with Crippen molar-refractivity contribution in [1.82, 2.24) is 24.7 Å². The van der Waals surface area contributed by atoms with Crippen LogP contribution in [-0.2, 0) is 16.6 Å². The minimum absolute atomic E-state index is 0.136. The number of carbonyl (C=O) groups excluding carboxylic acids is 3. The van der Waals surface area contributed by atoms with Crippen molar-refractivity contribution in [2.75, 3.05) is 44.6 Å². The molecule has 1 fully saturated rings. The molecular formula is C18H24N6O5. The Morgan fingerprint density at radius 2 is 1.97 bits per heavy atom. The maximum Gasteiger partial charge on any atom is 0.343 e. The summed E-state index contributed by atoms with van der Waals surface area (Å²) in [6, 6.07) is 1.61. The first-order valence-electron chi connectivity index (χ1n) is 9.33. The van der Waals surface area contributed by atoms with Crippen LogP contribution in [0, 0.1) is 6.92 Å². The Balaban J connectivity index is 1.52. The fourth-order valence-corrected chi connectivity index (χ4v) is 3.05. The number of nitrogens with one attached hydrogen (secondary N) is 1. The number of ether oxygens (including phenoxy) is 1. The summed E-state index contributed by atoms with van der Waals surface area (Å²) >= 11 is 0. The molecule has 0 aromatic carbocycles. The van der Waals surface area contributed by atoms with Crippen LogP contribution in [0.5, 0.6) is 0 Å². The zero-order chi connectivity index (χ0) is 21.0. The fourth-order valence-electron chi connectivity index (χ4n) is 3.05. The number of aryl methyl sites for hydroxylation is 2. The monoisotopic (exact) mass is 404 g/mol. The molecule has 1 saturated heterocycles. The number of hydrogen-bond donors (Lipinski definition) is 1. The van der Waals surface area contributed by atoms with Crippen LogP contribution in [-0.4, -0.2) is 81.9 Å². The highest BCUT2D eigenvalue weighted by Crippen LogP contribution is 2.16. The van der Waals surface area contributed by atoms with E-state index in [1.807, 2.05) is 4.90 Å². The van der Waals surface area contributed by atoms with Crippen LogP contribution >= 0.6 is 0 Å². The van der Waals surface area contributed by atoms with Gasteiger partial charge in [0.1, 0.15) is 11.4 Å². The SMILES string of the molecule is CCOC(=O)c1cnn(C)c1NC(=O)CN1CCN(C(=O)c2cc(C)no2)CC1. The van der Waals surface area contributed by atoms with Gasteiger partial charge >= 0.3 is 5.97 Å². The lowest BCUT2D eigenvalue weighted by Crippen LogP contribution is -2.50. The smallest absolute Gasteiger partial charge is 0.343 e. The Kier molecular flexibility index (Phi) is 6.27. The first-order valence-corrected chi connectivity index (χ1v) is 9.33. The molecule has 11 nitrogen and oxygen atoms in total. The molecule has 3 heterocycles. The predicted octanol–water partition coefficient (Wildman–Crippen LogP) is 0.290. The van der Waals surface area contributed by atoms with E-state index < -0.39 is 5.97 Å². The van der Waals surface area contributed by atoms with Gasteiger partial charge in [-0.3, -0.25) is 19.2 Å². The zero-order valence-electron chi connectivity index (χ0n) is 16.7. The molecule has 1 aliphatic rings. The largest absolute Gasteiger partial charge is 0.462 e. The topological polar surface area (TPSA) is 123 Å². The van der Waals surface area contributed by atoms with Crippen molar-refractivity contribution < 1.29 is 23.6 Å². The summed E-state index contributed by atoms with van der Waals surface area (Å²) in [7, 11) is 1.63. The Morgan fingerprint density at radius 1 is 1.24 bits per heavy atom. The number of rotatable bonds is 6. The first kappa shape index (κ1) is 20.5. The van der Waals surface area contributed by atoms with E-state index in [1.54, 1.807) is 31.9 Å². The Labute approximate surface area is 167 Å². The number of anilines is 1. The van der Waals surface area contributed by atoms with E-state index in [-0.39, 0.29) is 36.3 Å². The summed E-state index contributed by atoms with van der Waals surface area (Å²) in [5.41, 5.74) is 0.862. The molecule has 11 heteroatoms. The van der Waals surface area contributed by atoms with Crippen LogP contribution in [0.15, 0.2) is 16.8 Å². The molecule has 0 aliphatic carbocycles. The molecule has 1 aliphatic heterocycles. The average molecular weight is 404 g/mol. The number of piperazine rings is 1. The number of nitrogens with zero attached hydrogens (tertiary/aromatic N) is 5. The van der Waals surface area contributed by atoms with Crippen molar-refractivity contribution in [3.05, 3.63) is 29.3 Å². The van der Waals surface area contributed by atoms with Gasteiger partial charge in [-0.15, -0.1) is 0 Å². The standard InChI is InChI=1S/C18H24N6O5/c1-4-28-18(27)13-10-19-22(3)16(13)20-15(25)11-23-5-7-24(8-6-23)17(26)14-9-12(2)21-29-14/h9-10H,4-8,11H2,1-3H3,(H,20,25). The van der Waals surface area contributed by atoms with Gasteiger partial charge in [-0.05, 0) is 13.8 Å². The van der Waals surface area contributed by atoms with Crippen molar-refractivity contribution in [1.29, 1.82) is 0 Å². The molecule has 29 heavy (non-hydrogen) atoms. The van der Waals surface area contributed by atoms with E-state index >= 15 is 0 Å². The summed E-state index contributed by atoms with van der Waals surface area (Å²) in [6.07, 6.45) is 1.36. The lowest BCUT2D eigenvalue weighted by Gasteiger charge is -2.33. The molecule has 0 radical (unpaired) electrons. The van der Waals surface area contributed by atoms with Gasteiger partial charge in [0.05, 0.1) is 25.0 Å². The van der Waals surface area contributed by atoms with Gasteiger partial charge in [0, 0.05) is 39.3 Å². The quantitative estimate of drug-likeness (QED) is 0.682. The molecule has 156 valence electrons. The van der Waals surface area contributed by atoms with Gasteiger partial charge in [-0.1, -0.05) is 5.16 Å². The molecule has 2 aromatic heterocycles. The van der Waals surface area contributed by atoms with Crippen LogP contribution in [0.25, 0.3) is 0 Å². The van der Waals surface area contributed by atoms with E-state index in [4.69, 9.17) is 9.26 Å². The number of esters is 1. The number of carbonyl (C=O) groups is 3. The molecule has 0 spiro atoms. The molecule has 0 bridgehead atoms. The van der Waals surface area contributed by atoms with E-state index in [9.17, 15) is 14.4 Å². The predicted molar refractivity (Wildman–Crippen MR) is 101 cm³/mol. The molecule has 3 rings (SSSR count). The molecule has 0 atom stereocenters. The average Bonchev–Trinajstić information content (AvgIpc) is 3.28. The van der Waals surface area contributed by atoms with Crippen molar-refractivity contribution >= 4 is 23.6 Å². The maximum absolute atomic E-state index is 12.5. The minimum Gasteiger partial charge on any atom is -0.462 e. The summed E-state index contributed by atoms with van der Waals surface area (Å²) < 4.78 is 11.4. The Morgan fingerprint density at radius 3 is 2.59 bits per heavy atom. The van der Waals surface area contributed by atoms with Crippen molar-refractivity contribution in [3.8, 4) is 0 Å². The third-order valence-corrected chi connectivity index (χ3v) is 4.56. The van der Waals surface area contributed by atoms with Crippen LogP contribution < -0.4 is 5.32 Å². The van der Waals surface area contributed by atoms with E-state index in [2.05, 4.69) is 15.6 Å². The minimum atomic E-state index is -0.536. The second-order valence-electron chi connectivity index (χ2n) is 6.70. The molecule has 0 unspecified atom stereocenters. The molecule has 2 aromatic rings. The fraction of sp³-hybridized carbons (Fsp3) is 0.500. The summed E-state index contributed by atoms with van der Waals surface area (Å²) in [5, 5.41) is 10.5. The van der Waals surface area contributed by atoms with Crippen LogP contribution in [0.2, 0.25) is 0 Å². The maximum atomic E-state index is 12.5. The molecule has 1 N–H and O–H groups in total. The highest BCUT2D eigenvalue weighted by Gasteiger charge is 2.26. The Hall–Kier alpha value is -3.21. The molecule has 2 amide bonds. The van der Waals surface area contributed by atoms with Crippen LogP contribution in [0.1, 0.15) is 33.5 Å². The number of aromatic nitrogens is 3. The third-order valence-electron chi connectivity index (χ3n) is 4.56. The number of amides is 2. The highest BCUT2D eigenvalue weighted by atomic mass is 16.5. The van der Waals surface area contributed by atoms with Crippen molar-refractivity contribution in [2.45, 2.75) is 13.8 Å². The number of hydrogen-bond acceptors (Lipinski definition) is 8. The molecular weight excluding hydrogens is 380 g/mol. The highest BCUT2D eigenvalue weighted by molar-refractivity contribution is 6.00. The Bertz CT molecular complexity index is 896. The normalized spacial score (nSPS) is 14.7. The van der Waals surface area contributed by atoms with Crippen LogP contribution in [0.4, 0.5) is 5.82 Å². The van der Waals surface area contributed by atoms with Gasteiger partial charge in [0.25, 0.3) is 5.91 Å². The van der Waals surface area contributed by atoms with E-state index in [1.165, 1.54) is 10.9 Å². The lowest BCUT2D eigenvalue weighted by molar-refractivity contribution is -0.117. The van der Waals surface area contributed by atoms with Gasteiger partial charge < -0.3 is 19.5 Å². The van der Waals surface area contributed by atoms with Gasteiger partial charge in [-0.25, -0.2) is 4.79 Å². The van der Waals surface area contributed by atoms with Gasteiger partial charge in [0.2, 0.25) is 11.7 Å². The van der Waals surface area contributed by atoms with Crippen LogP contribution in [0.3, 0.4) is 0 Å². The van der Waals surface area contributed by atoms with E-state index in [0.717, 1.165) is 0 Å². The third kappa shape index (κ3) is 4.80. The van der Waals surface area contributed by atoms with E-state index in [0.29, 0.717) is 37.7 Å². The van der Waals surface area contributed by atoms with Gasteiger partial charge in [0.15, 0.2) is 0 Å². The summed E-state index contributed by atoms with van der Waals surface area (Å²) in [6.45, 7) is 5.88. The second kappa shape index (κ2) is 8.86. The van der Waals surface area contributed by atoms with Crippen molar-refractivity contribution in [2.24, 2.45) is 7.05 Å². The zero-order valence-corrected chi connectivity index (χ0v) is 16.7. The van der Waals surface area contributed by atoms with Crippen molar-refractivity contribution in [3.63, 3.8) is 0 Å².